The first-order valence-corrected chi connectivity index (χ1v) is 43.7. The topological polar surface area (TPSA) is 248 Å². The zero-order chi connectivity index (χ0) is 28.3. The van der Waals surface area contributed by atoms with Gasteiger partial charge in [0.25, 0.3) is 43.8 Å². The number of halogens is 3. The Morgan fingerprint density at radius 3 is 1.31 bits per heavy atom. The van der Waals surface area contributed by atoms with E-state index in [1.54, 1.807) is 0 Å². The highest BCUT2D eigenvalue weighted by Crippen LogP contribution is 2.36. The maximum Gasteiger partial charge on any atom is 0.389 e. The summed E-state index contributed by atoms with van der Waals surface area (Å²) in [6.45, 7) is -7.62. The third kappa shape index (κ3) is 9.38. The Labute approximate surface area is 229 Å². The minimum atomic E-state index is -4.97. The van der Waals surface area contributed by atoms with E-state index < -0.39 is 142 Å². The highest BCUT2D eigenvalue weighted by molar-refractivity contribution is 7.96. The van der Waals surface area contributed by atoms with Gasteiger partial charge in [0.05, 0.1) is 0 Å². The fourth-order valence-corrected chi connectivity index (χ4v) is 174. The predicted molar refractivity (Wildman–Crippen MR) is 155 cm³/mol. The van der Waals surface area contributed by atoms with Crippen LogP contribution in [0.1, 0.15) is 6.42 Å². The van der Waals surface area contributed by atoms with Gasteiger partial charge in [0, 0.05) is 6.42 Å². The molecule has 0 aromatic carbocycles. The van der Waals surface area contributed by atoms with Crippen molar-refractivity contribution < 1.29 is 81.7 Å². The fraction of sp³-hybridized carbons (Fsp3) is 1.00. The van der Waals surface area contributed by atoms with Crippen molar-refractivity contribution in [2.45, 2.75) is 25.2 Å². The van der Waals surface area contributed by atoms with Crippen LogP contribution in [0.25, 0.3) is 0 Å². The number of hydrogen-bond acceptors (Lipinski definition) is 15. The molecule has 10 N–H and O–H groups in total. The Balaban J connectivity index is 7.56. The first kappa shape index (κ1) is 38.2. The molecule has 0 rings (SSSR count). The van der Waals surface area contributed by atoms with Gasteiger partial charge in [-0.2, -0.15) is 13.2 Å². The van der Waals surface area contributed by atoms with E-state index in [-0.39, 0.29) is 0 Å². The number of hydrogen-bond donors (Lipinski definition) is 10. The zero-order valence-electron chi connectivity index (χ0n) is 19.4. The molecule has 0 aromatic rings. The van der Waals surface area contributed by atoms with E-state index in [0.717, 1.165) is 6.55 Å². The van der Waals surface area contributed by atoms with Crippen molar-refractivity contribution in [1.82, 2.24) is 0 Å². The molecular formula is C4H35F3O15Si14. The molecule has 1 unspecified atom stereocenters. The molecule has 0 saturated heterocycles. The van der Waals surface area contributed by atoms with Crippen LogP contribution in [0, 0.1) is 0 Å². The highest BCUT2D eigenvalue weighted by Gasteiger charge is 2.78. The zero-order valence-corrected chi connectivity index (χ0v) is 37.2. The first-order valence-electron chi connectivity index (χ1n) is 10.3. The van der Waals surface area contributed by atoms with Gasteiger partial charge in [-0.05, 0) is 12.6 Å². The second-order valence-corrected chi connectivity index (χ2v) is 79.7. The van der Waals surface area contributed by atoms with Crippen LogP contribution in [-0.4, -0.2) is 177 Å². The normalized spacial score (nSPS) is 24.2. The molecule has 1 atom stereocenters. The summed E-state index contributed by atoms with van der Waals surface area (Å²) in [5, 5.41) is 0. The number of rotatable bonds is 20. The molecule has 36 heavy (non-hydrogen) atoms. The van der Waals surface area contributed by atoms with Crippen molar-refractivity contribution in [3.8, 4) is 0 Å². The molecule has 0 amide bonds. The van der Waals surface area contributed by atoms with Crippen LogP contribution < -0.4 is 0 Å². The molecule has 218 valence electrons. The summed E-state index contributed by atoms with van der Waals surface area (Å²) in [5.74, 6) is 0. The smallest absolute Gasteiger partial charge is 0.389 e. The quantitative estimate of drug-likeness (QED) is 0.0517. The van der Waals surface area contributed by atoms with E-state index in [0.29, 0.717) is 0 Å². The van der Waals surface area contributed by atoms with Gasteiger partial charge in [-0.1, -0.05) is 0 Å². The molecule has 0 saturated carbocycles. The Morgan fingerprint density at radius 2 is 1.03 bits per heavy atom. The van der Waals surface area contributed by atoms with Gasteiger partial charge < -0.3 is 68.5 Å². The standard InChI is InChI=1S/C4H35F3O15Si14/c1-32(17,3-2-4(5,6)7)21-34(35(28-13,29-14)19-24-9,36(30-15,31-16)20-25-10)22-33(26-11,27-12)18-23-8/h8-17H,2-3,23-31H2,1H3. The predicted octanol–water partition coefficient (Wildman–Crippen LogP) is -13.6. The van der Waals surface area contributed by atoms with Crippen LogP contribution >= 0.6 is 0 Å². The summed E-state index contributed by atoms with van der Waals surface area (Å²) in [5.41, 5.74) is 0. The van der Waals surface area contributed by atoms with Gasteiger partial charge in [-0.15, -0.1) is 0 Å². The van der Waals surface area contributed by atoms with Crippen LogP contribution in [0.2, 0.25) is 12.6 Å². The van der Waals surface area contributed by atoms with E-state index in [1.165, 1.54) is 0 Å². The lowest BCUT2D eigenvalue weighted by molar-refractivity contribution is -0.131. The molecule has 0 aromatic heterocycles. The van der Waals surface area contributed by atoms with Crippen LogP contribution in [0.15, 0.2) is 0 Å². The molecule has 0 fully saturated rings. The largest absolute Gasteiger partial charge is 0.440 e. The van der Waals surface area contributed by atoms with Crippen molar-refractivity contribution in [2.24, 2.45) is 0 Å². The molecule has 0 bridgehead atoms. The average molecular weight is 774 g/mol. The van der Waals surface area contributed by atoms with Gasteiger partial charge in [0.1, 0.15) is 0 Å². The lowest BCUT2D eigenvalue weighted by Gasteiger charge is -2.55. The van der Waals surface area contributed by atoms with Gasteiger partial charge >= 0.3 is 29.9 Å². The molecule has 0 aliphatic rings. The summed E-state index contributed by atoms with van der Waals surface area (Å²) >= 11 is 0. The molecule has 0 aliphatic carbocycles. The van der Waals surface area contributed by atoms with Gasteiger partial charge in [0.2, 0.25) is 18.6 Å². The Morgan fingerprint density at radius 1 is 0.639 bits per heavy atom. The Bertz CT molecular complexity index is 599. The van der Waals surface area contributed by atoms with E-state index >= 15 is 0 Å². The minimum Gasteiger partial charge on any atom is -0.440 e. The maximum atomic E-state index is 13.0. The average Bonchev–Trinajstić information content (AvgIpc) is 2.83. The molecular weight excluding hydrogens is 738 g/mol. The van der Waals surface area contributed by atoms with Gasteiger partial charge in [-0.25, -0.2) is 0 Å². The SMILES string of the molecule is C[Si](O)(CCC(F)(F)F)O[Si](O[Si](O[SiH2]O)([SiH2]O)[SiH2]O)([Si](O[SiH2]O)([SiH2]O)[SiH2]O)[Si](O[SiH2]O)([SiH2]O)[SiH2]O. The van der Waals surface area contributed by atoms with E-state index in [9.17, 15) is 61.1 Å². The molecule has 0 radical (unpaired) electrons. The van der Waals surface area contributed by atoms with Crippen LogP contribution in [0.3, 0.4) is 0 Å². The second kappa shape index (κ2) is 16.6. The highest BCUT2D eigenvalue weighted by atomic mass is 30.2. The monoisotopic (exact) mass is 772 g/mol. The summed E-state index contributed by atoms with van der Waals surface area (Å²) < 4.78 is 67.8. The third-order valence-corrected chi connectivity index (χ3v) is 117. The minimum absolute atomic E-state index is 0.951. The first-order chi connectivity index (χ1) is 16.7. The van der Waals surface area contributed by atoms with Crippen molar-refractivity contribution in [3.05, 3.63) is 0 Å². The van der Waals surface area contributed by atoms with Crippen LogP contribution in [0.5, 0.6) is 0 Å². The van der Waals surface area contributed by atoms with Crippen molar-refractivity contribution >= 4 is 123 Å². The fourth-order valence-electron chi connectivity index (χ4n) is 3.29. The molecule has 0 aliphatic heterocycles. The molecule has 0 spiro atoms. The lowest BCUT2D eigenvalue weighted by atomic mass is 10.5. The van der Waals surface area contributed by atoms with Crippen LogP contribution in [-0.2, 0) is 20.6 Å². The van der Waals surface area contributed by atoms with Crippen LogP contribution in [0.4, 0.5) is 13.2 Å². The third-order valence-electron chi connectivity index (χ3n) is 5.28. The van der Waals surface area contributed by atoms with Crippen molar-refractivity contribution in [2.75, 3.05) is 0 Å². The second-order valence-electron chi connectivity index (χ2n) is 7.78. The van der Waals surface area contributed by atoms with Crippen molar-refractivity contribution in [1.29, 1.82) is 0 Å². The lowest BCUT2D eigenvalue weighted by Crippen LogP contribution is -2.94. The summed E-state index contributed by atoms with van der Waals surface area (Å²) in [7, 11) is -36.4. The van der Waals surface area contributed by atoms with E-state index in [4.69, 9.17) is 20.6 Å². The molecule has 0 heterocycles. The van der Waals surface area contributed by atoms with Crippen molar-refractivity contribution in [3.63, 3.8) is 0 Å². The molecule has 32 heteroatoms. The number of alkyl halides is 3. The molecule has 15 nitrogen and oxygen atoms in total. The maximum absolute atomic E-state index is 13.0. The van der Waals surface area contributed by atoms with E-state index in [1.807, 2.05) is 0 Å². The Hall–Kier alpha value is 2.23. The van der Waals surface area contributed by atoms with E-state index in [2.05, 4.69) is 0 Å². The Kier molecular flexibility index (Phi) is 17.6. The summed E-state index contributed by atoms with van der Waals surface area (Å²) in [4.78, 5) is 103. The summed E-state index contributed by atoms with van der Waals surface area (Å²) in [6.07, 6.45) is -6.19. The van der Waals surface area contributed by atoms with Gasteiger partial charge in [-0.3, -0.25) is 0 Å². The van der Waals surface area contributed by atoms with Gasteiger partial charge in [0.15, 0.2) is 37.1 Å². The summed E-state index contributed by atoms with van der Waals surface area (Å²) in [6, 6.07) is -0.951.